The van der Waals surface area contributed by atoms with Crippen molar-refractivity contribution in [2.75, 3.05) is 0 Å². The molecule has 0 aliphatic heterocycles. The topological polar surface area (TPSA) is 92.4 Å². The van der Waals surface area contributed by atoms with Crippen molar-refractivity contribution in [1.29, 1.82) is 0 Å². The van der Waals surface area contributed by atoms with Crippen LogP contribution in [0.4, 0.5) is 0 Å². The molecule has 0 aromatic rings. The standard InChI is InChI=1S/C10H16N2O3/c11-7-3-1-2-4-8(7)12-9(13)5-6-10(14)15/h5-8H,1-4,11H2,(H,12,13)(H,14,15)/b6-5+. The molecule has 1 fully saturated rings. The lowest BCUT2D eigenvalue weighted by molar-refractivity contribution is -0.131. The second kappa shape index (κ2) is 5.50. The number of nitrogens with one attached hydrogen (secondary N) is 1. The van der Waals surface area contributed by atoms with Gasteiger partial charge in [-0.2, -0.15) is 0 Å². The number of rotatable bonds is 3. The average molecular weight is 212 g/mol. The number of carboxylic acid groups (broad SMARTS) is 1. The van der Waals surface area contributed by atoms with Gasteiger partial charge < -0.3 is 16.2 Å². The molecule has 0 spiro atoms. The van der Waals surface area contributed by atoms with Crippen molar-refractivity contribution in [3.05, 3.63) is 12.2 Å². The summed E-state index contributed by atoms with van der Waals surface area (Å²) < 4.78 is 0. The van der Waals surface area contributed by atoms with Crippen molar-refractivity contribution in [2.45, 2.75) is 37.8 Å². The lowest BCUT2D eigenvalue weighted by Crippen LogP contribution is -2.48. The minimum absolute atomic E-state index is 0.0130. The van der Waals surface area contributed by atoms with Crippen LogP contribution < -0.4 is 11.1 Å². The number of hydrogen-bond donors (Lipinski definition) is 3. The van der Waals surface area contributed by atoms with Crippen LogP contribution >= 0.6 is 0 Å². The molecular formula is C10H16N2O3. The molecule has 1 saturated carbocycles. The number of carboxylic acids is 1. The average Bonchev–Trinajstić information content (AvgIpc) is 2.18. The van der Waals surface area contributed by atoms with Crippen LogP contribution in [0.5, 0.6) is 0 Å². The maximum Gasteiger partial charge on any atom is 0.328 e. The van der Waals surface area contributed by atoms with Gasteiger partial charge in [-0.05, 0) is 12.8 Å². The van der Waals surface area contributed by atoms with Crippen molar-refractivity contribution < 1.29 is 14.7 Å². The molecule has 1 aliphatic rings. The van der Waals surface area contributed by atoms with E-state index in [0.717, 1.165) is 37.8 Å². The highest BCUT2D eigenvalue weighted by atomic mass is 16.4. The molecule has 1 aliphatic carbocycles. The van der Waals surface area contributed by atoms with E-state index in [9.17, 15) is 9.59 Å². The van der Waals surface area contributed by atoms with Crippen molar-refractivity contribution in [1.82, 2.24) is 5.32 Å². The lowest BCUT2D eigenvalue weighted by Gasteiger charge is -2.28. The number of hydrogen-bond acceptors (Lipinski definition) is 3. The van der Waals surface area contributed by atoms with Crippen LogP contribution in [0.3, 0.4) is 0 Å². The highest BCUT2D eigenvalue weighted by Crippen LogP contribution is 2.16. The van der Waals surface area contributed by atoms with Crippen molar-refractivity contribution in [2.24, 2.45) is 5.73 Å². The number of aliphatic carboxylic acids is 1. The lowest BCUT2D eigenvalue weighted by atomic mass is 9.91. The van der Waals surface area contributed by atoms with Crippen LogP contribution in [0.1, 0.15) is 25.7 Å². The minimum atomic E-state index is -1.13. The molecule has 0 aromatic carbocycles. The predicted molar refractivity (Wildman–Crippen MR) is 55.1 cm³/mol. The summed E-state index contributed by atoms with van der Waals surface area (Å²) in [5, 5.41) is 11.0. The summed E-state index contributed by atoms with van der Waals surface area (Å²) >= 11 is 0. The zero-order valence-corrected chi connectivity index (χ0v) is 8.48. The Bertz CT molecular complexity index is 276. The first-order valence-electron chi connectivity index (χ1n) is 5.06. The van der Waals surface area contributed by atoms with Gasteiger partial charge in [-0.15, -0.1) is 0 Å². The highest BCUT2D eigenvalue weighted by molar-refractivity contribution is 5.94. The van der Waals surface area contributed by atoms with Crippen LogP contribution in [-0.4, -0.2) is 29.1 Å². The van der Waals surface area contributed by atoms with Gasteiger partial charge in [0.15, 0.2) is 0 Å². The van der Waals surface area contributed by atoms with E-state index in [1.165, 1.54) is 0 Å². The first-order valence-corrected chi connectivity index (χ1v) is 5.06. The Morgan fingerprint density at radius 1 is 1.27 bits per heavy atom. The highest BCUT2D eigenvalue weighted by Gasteiger charge is 2.22. The van der Waals surface area contributed by atoms with Crippen LogP contribution in [0, 0.1) is 0 Å². The smallest absolute Gasteiger partial charge is 0.328 e. The minimum Gasteiger partial charge on any atom is -0.478 e. The van der Waals surface area contributed by atoms with Crippen molar-refractivity contribution in [3.63, 3.8) is 0 Å². The van der Waals surface area contributed by atoms with Gasteiger partial charge in [0.1, 0.15) is 0 Å². The Morgan fingerprint density at radius 2 is 1.93 bits per heavy atom. The molecule has 0 bridgehead atoms. The molecule has 1 amide bonds. The van der Waals surface area contributed by atoms with Gasteiger partial charge in [-0.25, -0.2) is 4.79 Å². The molecule has 4 N–H and O–H groups in total. The second-order valence-corrected chi connectivity index (χ2v) is 3.73. The maximum atomic E-state index is 11.2. The van der Waals surface area contributed by atoms with Gasteiger partial charge in [0.05, 0.1) is 0 Å². The van der Waals surface area contributed by atoms with E-state index in [0.29, 0.717) is 0 Å². The second-order valence-electron chi connectivity index (χ2n) is 3.73. The van der Waals surface area contributed by atoms with E-state index in [-0.39, 0.29) is 18.0 Å². The fourth-order valence-corrected chi connectivity index (χ4v) is 1.72. The van der Waals surface area contributed by atoms with Gasteiger partial charge in [0, 0.05) is 24.2 Å². The van der Waals surface area contributed by atoms with E-state index in [4.69, 9.17) is 10.8 Å². The zero-order chi connectivity index (χ0) is 11.3. The summed E-state index contributed by atoms with van der Waals surface area (Å²) in [5.74, 6) is -1.52. The molecule has 0 saturated heterocycles. The van der Waals surface area contributed by atoms with Gasteiger partial charge in [-0.3, -0.25) is 4.79 Å². The summed E-state index contributed by atoms with van der Waals surface area (Å²) in [6.45, 7) is 0. The summed E-state index contributed by atoms with van der Waals surface area (Å²) in [6, 6.07) is -0.0365. The van der Waals surface area contributed by atoms with Crippen LogP contribution in [0.25, 0.3) is 0 Å². The molecular weight excluding hydrogens is 196 g/mol. The molecule has 1 rings (SSSR count). The first kappa shape index (κ1) is 11.7. The molecule has 0 aromatic heterocycles. The Morgan fingerprint density at radius 3 is 2.53 bits per heavy atom. The summed E-state index contributed by atoms with van der Waals surface area (Å²) in [4.78, 5) is 21.4. The third-order valence-electron chi connectivity index (χ3n) is 2.52. The molecule has 5 nitrogen and oxygen atoms in total. The van der Waals surface area contributed by atoms with Crippen LogP contribution in [0.15, 0.2) is 12.2 Å². The van der Waals surface area contributed by atoms with Gasteiger partial charge >= 0.3 is 5.97 Å². The van der Waals surface area contributed by atoms with E-state index in [2.05, 4.69) is 5.32 Å². The Kier molecular flexibility index (Phi) is 4.30. The zero-order valence-electron chi connectivity index (χ0n) is 8.48. The quantitative estimate of drug-likeness (QED) is 0.575. The van der Waals surface area contributed by atoms with Gasteiger partial charge in [0.2, 0.25) is 5.91 Å². The fourth-order valence-electron chi connectivity index (χ4n) is 1.72. The molecule has 2 atom stereocenters. The molecule has 84 valence electrons. The Hall–Kier alpha value is -1.36. The summed E-state index contributed by atoms with van der Waals surface area (Å²) in [6.07, 6.45) is 5.77. The van der Waals surface area contributed by atoms with Crippen LogP contribution in [-0.2, 0) is 9.59 Å². The molecule has 15 heavy (non-hydrogen) atoms. The Labute approximate surface area is 88.3 Å². The van der Waals surface area contributed by atoms with Gasteiger partial charge in [-0.1, -0.05) is 12.8 Å². The predicted octanol–water partition coefficient (Wildman–Crippen LogP) is 0.0133. The largest absolute Gasteiger partial charge is 0.478 e. The third-order valence-corrected chi connectivity index (χ3v) is 2.52. The fraction of sp³-hybridized carbons (Fsp3) is 0.600. The normalized spacial score (nSPS) is 26.5. The van der Waals surface area contributed by atoms with Crippen molar-refractivity contribution >= 4 is 11.9 Å². The van der Waals surface area contributed by atoms with Crippen molar-refractivity contribution in [3.8, 4) is 0 Å². The first-order chi connectivity index (χ1) is 7.09. The van der Waals surface area contributed by atoms with E-state index in [1.54, 1.807) is 0 Å². The Balaban J connectivity index is 2.39. The number of nitrogens with two attached hydrogens (primary N) is 1. The number of carbonyl (C=O) groups is 2. The number of carbonyl (C=O) groups excluding carboxylic acids is 1. The van der Waals surface area contributed by atoms with E-state index < -0.39 is 5.97 Å². The maximum absolute atomic E-state index is 11.2. The molecule has 0 heterocycles. The molecule has 5 heteroatoms. The third kappa shape index (κ3) is 4.12. The summed E-state index contributed by atoms with van der Waals surface area (Å²) in [5.41, 5.74) is 5.83. The molecule has 0 radical (unpaired) electrons. The summed E-state index contributed by atoms with van der Waals surface area (Å²) in [7, 11) is 0. The van der Waals surface area contributed by atoms with Gasteiger partial charge in [0.25, 0.3) is 0 Å². The van der Waals surface area contributed by atoms with E-state index >= 15 is 0 Å². The van der Waals surface area contributed by atoms with E-state index in [1.807, 2.05) is 0 Å². The van der Waals surface area contributed by atoms with Crippen LogP contribution in [0.2, 0.25) is 0 Å². The monoisotopic (exact) mass is 212 g/mol. The molecule has 2 unspecified atom stereocenters. The number of amides is 1. The SMILES string of the molecule is NC1CCCCC1NC(=O)/C=C/C(=O)O.